The summed E-state index contributed by atoms with van der Waals surface area (Å²) in [6.07, 6.45) is 2.95. The molecular formula is C6H13N3O3P+. The highest BCUT2D eigenvalue weighted by Gasteiger charge is 2.34. The Morgan fingerprint density at radius 3 is 2.62 bits per heavy atom. The van der Waals surface area contributed by atoms with Gasteiger partial charge in [0.15, 0.2) is 6.20 Å². The summed E-state index contributed by atoms with van der Waals surface area (Å²) in [6, 6.07) is 0. The Morgan fingerprint density at radius 1 is 1.62 bits per heavy atom. The molecule has 0 fully saturated rings. The van der Waals surface area contributed by atoms with E-state index in [4.69, 9.17) is 9.79 Å². The van der Waals surface area contributed by atoms with Crippen LogP contribution in [-0.2, 0) is 10.1 Å². The van der Waals surface area contributed by atoms with Crippen LogP contribution in [0.2, 0.25) is 0 Å². The number of nitrogens with zero attached hydrogens (tertiary/aromatic N) is 2. The highest BCUT2D eigenvalue weighted by molar-refractivity contribution is 7.51. The van der Waals surface area contributed by atoms with E-state index in [1.54, 1.807) is 24.7 Å². The molecule has 1 aromatic rings. The molecule has 1 rings (SSSR count). The summed E-state index contributed by atoms with van der Waals surface area (Å²) in [5.74, 6) is 0. The highest BCUT2D eigenvalue weighted by atomic mass is 31.2. The van der Waals surface area contributed by atoms with Crippen molar-refractivity contribution in [1.29, 1.82) is 0 Å². The van der Waals surface area contributed by atoms with E-state index >= 15 is 0 Å². The predicted molar refractivity (Wildman–Crippen MR) is 45.0 cm³/mol. The third kappa shape index (κ3) is 2.91. The van der Waals surface area contributed by atoms with Crippen LogP contribution >= 0.6 is 7.60 Å². The summed E-state index contributed by atoms with van der Waals surface area (Å²) in [7, 11) is -4.00. The lowest BCUT2D eigenvalue weighted by Gasteiger charge is -2.19. The smallest absolute Gasteiger partial charge is 0.324 e. The minimum Gasteiger partial charge on any atom is -0.324 e. The molecule has 0 atom stereocenters. The molecule has 1 heterocycles. The average molecular weight is 206 g/mol. The highest BCUT2D eigenvalue weighted by Crippen LogP contribution is 2.38. The SMILES string of the molecule is CC(C)(CP(=O)(O)O)[n+]1ccn[nH]1. The van der Waals surface area contributed by atoms with Gasteiger partial charge in [0.05, 0.1) is 6.16 Å². The largest absolute Gasteiger partial charge is 0.330 e. The van der Waals surface area contributed by atoms with Crippen molar-refractivity contribution < 1.29 is 19.0 Å². The fourth-order valence-electron chi connectivity index (χ4n) is 1.15. The summed E-state index contributed by atoms with van der Waals surface area (Å²) in [5.41, 5.74) is -0.657. The Morgan fingerprint density at radius 2 is 2.23 bits per heavy atom. The predicted octanol–water partition coefficient (Wildman–Crippen LogP) is -0.390. The molecule has 0 radical (unpaired) electrons. The summed E-state index contributed by atoms with van der Waals surface area (Å²) in [5, 5.41) is 6.33. The molecule has 0 aromatic carbocycles. The topological polar surface area (TPSA) is 90.1 Å². The zero-order chi connectivity index (χ0) is 10.1. The van der Waals surface area contributed by atoms with E-state index < -0.39 is 13.1 Å². The molecule has 3 N–H and O–H groups in total. The molecule has 0 saturated carbocycles. The van der Waals surface area contributed by atoms with Crippen LogP contribution < -0.4 is 4.68 Å². The number of hydrogen-bond donors (Lipinski definition) is 3. The van der Waals surface area contributed by atoms with Gasteiger partial charge in [0, 0.05) is 5.10 Å². The second-order valence-corrected chi connectivity index (χ2v) is 5.18. The number of nitrogens with one attached hydrogen (secondary N) is 1. The maximum Gasteiger partial charge on any atom is 0.330 e. The quantitative estimate of drug-likeness (QED) is 0.464. The fraction of sp³-hybridized carbons (Fsp3) is 0.667. The van der Waals surface area contributed by atoms with E-state index in [-0.39, 0.29) is 6.16 Å². The summed E-state index contributed by atoms with van der Waals surface area (Å²) < 4.78 is 12.4. The monoisotopic (exact) mass is 206 g/mol. The van der Waals surface area contributed by atoms with E-state index in [1.807, 2.05) is 0 Å². The lowest BCUT2D eigenvalue weighted by Crippen LogP contribution is -2.55. The molecule has 0 bridgehead atoms. The van der Waals surface area contributed by atoms with Crippen LogP contribution in [0, 0.1) is 0 Å². The van der Waals surface area contributed by atoms with E-state index in [0.29, 0.717) is 0 Å². The Kier molecular flexibility index (Phi) is 2.56. The molecule has 1 aromatic heterocycles. The second kappa shape index (κ2) is 3.21. The van der Waals surface area contributed by atoms with Crippen LogP contribution in [0.4, 0.5) is 0 Å². The lowest BCUT2D eigenvalue weighted by molar-refractivity contribution is -0.804. The molecule has 6 nitrogen and oxygen atoms in total. The maximum atomic E-state index is 10.8. The molecule has 0 aliphatic carbocycles. The third-order valence-corrected chi connectivity index (χ3v) is 2.89. The van der Waals surface area contributed by atoms with Gasteiger partial charge in [-0.15, -0.1) is 0 Å². The molecule has 0 aliphatic rings. The first kappa shape index (κ1) is 10.4. The number of rotatable bonds is 3. The van der Waals surface area contributed by atoms with E-state index in [1.165, 1.54) is 6.20 Å². The number of aromatic amines is 1. The van der Waals surface area contributed by atoms with Gasteiger partial charge in [-0.3, -0.25) is 4.57 Å². The Hall–Kier alpha value is -0.710. The summed E-state index contributed by atoms with van der Waals surface area (Å²) in [4.78, 5) is 17.6. The third-order valence-electron chi connectivity index (χ3n) is 1.70. The first-order valence-corrected chi connectivity index (χ1v) is 5.57. The van der Waals surface area contributed by atoms with Crippen LogP contribution in [0.15, 0.2) is 12.4 Å². The van der Waals surface area contributed by atoms with Gasteiger partial charge in [0.1, 0.15) is 5.54 Å². The minimum absolute atomic E-state index is 0.215. The van der Waals surface area contributed by atoms with Crippen LogP contribution in [0.5, 0.6) is 0 Å². The van der Waals surface area contributed by atoms with Gasteiger partial charge in [0.25, 0.3) is 0 Å². The van der Waals surface area contributed by atoms with Crippen LogP contribution in [0.1, 0.15) is 13.8 Å². The van der Waals surface area contributed by atoms with Crippen molar-refractivity contribution in [3.63, 3.8) is 0 Å². The van der Waals surface area contributed by atoms with Gasteiger partial charge in [-0.1, -0.05) is 5.21 Å². The standard InChI is InChI=1S/C6H12N3O3P/c1-6(2,5-13(10,11)12)9-4-3-7-8-9/h3-4H,5H2,1-2H3,(H2,10,11,12)/p+1. The Balaban J connectivity index is 2.84. The molecule has 0 amide bonds. The van der Waals surface area contributed by atoms with Crippen molar-refractivity contribution >= 4 is 7.60 Å². The maximum absolute atomic E-state index is 10.8. The normalized spacial score (nSPS) is 13.2. The van der Waals surface area contributed by atoms with Gasteiger partial charge in [-0.2, -0.15) is 4.68 Å². The molecule has 0 spiro atoms. The van der Waals surface area contributed by atoms with Crippen LogP contribution in [0.3, 0.4) is 0 Å². The molecule has 7 heteroatoms. The van der Waals surface area contributed by atoms with Crippen LogP contribution in [0.25, 0.3) is 0 Å². The first-order valence-electron chi connectivity index (χ1n) is 3.77. The van der Waals surface area contributed by atoms with E-state index in [2.05, 4.69) is 10.3 Å². The van der Waals surface area contributed by atoms with Gasteiger partial charge in [0.2, 0.25) is 6.20 Å². The molecule has 0 saturated heterocycles. The average Bonchev–Trinajstić information content (AvgIpc) is 2.29. The van der Waals surface area contributed by atoms with E-state index in [9.17, 15) is 4.57 Å². The first-order chi connectivity index (χ1) is 5.81. The number of hydrogen-bond acceptors (Lipinski definition) is 2. The van der Waals surface area contributed by atoms with Crippen molar-refractivity contribution in [1.82, 2.24) is 10.3 Å². The van der Waals surface area contributed by atoms with Crippen molar-refractivity contribution in [2.45, 2.75) is 19.4 Å². The number of H-pyrrole nitrogens is 1. The van der Waals surface area contributed by atoms with Gasteiger partial charge < -0.3 is 9.79 Å². The molecule has 13 heavy (non-hydrogen) atoms. The van der Waals surface area contributed by atoms with Crippen molar-refractivity contribution in [2.75, 3.05) is 6.16 Å². The fourth-order valence-corrected chi connectivity index (χ4v) is 2.31. The lowest BCUT2D eigenvalue weighted by atomic mass is 10.1. The molecular weight excluding hydrogens is 193 g/mol. The molecule has 74 valence electrons. The number of aromatic nitrogens is 3. The van der Waals surface area contributed by atoms with Gasteiger partial charge >= 0.3 is 7.60 Å². The second-order valence-electron chi connectivity index (χ2n) is 3.53. The van der Waals surface area contributed by atoms with Gasteiger partial charge in [-0.25, -0.2) is 0 Å². The van der Waals surface area contributed by atoms with E-state index in [0.717, 1.165) is 0 Å². The Labute approximate surface area is 75.7 Å². The summed E-state index contributed by atoms with van der Waals surface area (Å²) in [6.45, 7) is 3.45. The summed E-state index contributed by atoms with van der Waals surface area (Å²) >= 11 is 0. The van der Waals surface area contributed by atoms with Crippen molar-refractivity contribution in [3.8, 4) is 0 Å². The Bertz CT molecular complexity index is 316. The minimum atomic E-state index is -4.00. The van der Waals surface area contributed by atoms with Gasteiger partial charge in [-0.05, 0) is 13.8 Å². The van der Waals surface area contributed by atoms with Crippen LogP contribution in [-0.4, -0.2) is 26.3 Å². The molecule has 0 unspecified atom stereocenters. The van der Waals surface area contributed by atoms with Crippen molar-refractivity contribution in [2.24, 2.45) is 0 Å². The van der Waals surface area contributed by atoms with Crippen molar-refractivity contribution in [3.05, 3.63) is 12.4 Å². The zero-order valence-electron chi connectivity index (χ0n) is 7.51. The zero-order valence-corrected chi connectivity index (χ0v) is 8.40. The molecule has 0 aliphatic heterocycles.